The van der Waals surface area contributed by atoms with Crippen LogP contribution < -0.4 is 15.4 Å². The van der Waals surface area contributed by atoms with Gasteiger partial charge in [-0.05, 0) is 60.0 Å². The van der Waals surface area contributed by atoms with E-state index < -0.39 is 0 Å². The molecule has 0 aliphatic carbocycles. The molecule has 2 atom stereocenters. The van der Waals surface area contributed by atoms with E-state index in [9.17, 15) is 5.11 Å². The molecule has 0 fully saturated rings. The van der Waals surface area contributed by atoms with Gasteiger partial charge in [0.05, 0.1) is 12.7 Å². The Labute approximate surface area is 182 Å². The van der Waals surface area contributed by atoms with Gasteiger partial charge in [-0.2, -0.15) is 0 Å². The zero-order valence-electron chi connectivity index (χ0n) is 17.1. The summed E-state index contributed by atoms with van der Waals surface area (Å²) in [5.74, 6) is 1.07. The lowest BCUT2D eigenvalue weighted by atomic mass is 9.97. The van der Waals surface area contributed by atoms with Gasteiger partial charge in [-0.1, -0.05) is 42.8 Å². The van der Waals surface area contributed by atoms with Gasteiger partial charge in [0.1, 0.15) is 17.5 Å². The predicted octanol–water partition coefficient (Wildman–Crippen LogP) is 4.56. The van der Waals surface area contributed by atoms with Gasteiger partial charge in [-0.25, -0.2) is 0 Å². The minimum atomic E-state index is -0.0853. The Morgan fingerprint density at radius 2 is 1.77 bits per heavy atom. The molecule has 30 heavy (non-hydrogen) atoms. The Bertz CT molecular complexity index is 1050. The SMILES string of the molecule is CCc1ccc(C2=CC(c3cc(Cl)ccc3O)[NH2+]C(c3ccc(OC)cc3)N2)cc1. The molecule has 2 unspecified atom stereocenters. The number of benzene rings is 3. The molecule has 0 spiro atoms. The fourth-order valence-corrected chi connectivity index (χ4v) is 3.98. The molecule has 4 rings (SSSR count). The molecule has 0 saturated heterocycles. The van der Waals surface area contributed by atoms with Crippen LogP contribution in [0.5, 0.6) is 11.5 Å². The first-order valence-corrected chi connectivity index (χ1v) is 10.5. The number of phenols is 1. The van der Waals surface area contributed by atoms with Crippen molar-refractivity contribution < 1.29 is 15.2 Å². The average Bonchev–Trinajstić information content (AvgIpc) is 2.80. The Morgan fingerprint density at radius 1 is 1.03 bits per heavy atom. The molecular weight excluding hydrogens is 396 g/mol. The molecule has 1 heterocycles. The molecule has 5 heteroatoms. The number of methoxy groups -OCH3 is 1. The number of hydrogen-bond acceptors (Lipinski definition) is 3. The van der Waals surface area contributed by atoms with Crippen molar-refractivity contribution in [2.24, 2.45) is 0 Å². The number of phenolic OH excluding ortho intramolecular Hbond substituents is 1. The molecule has 0 saturated carbocycles. The monoisotopic (exact) mass is 421 g/mol. The summed E-state index contributed by atoms with van der Waals surface area (Å²) in [6.45, 7) is 2.15. The summed E-state index contributed by atoms with van der Waals surface area (Å²) in [5.41, 5.74) is 5.37. The summed E-state index contributed by atoms with van der Waals surface area (Å²) in [7, 11) is 1.67. The van der Waals surface area contributed by atoms with Crippen molar-refractivity contribution in [2.45, 2.75) is 25.6 Å². The van der Waals surface area contributed by atoms with Gasteiger partial charge >= 0.3 is 0 Å². The van der Waals surface area contributed by atoms with Crippen LogP contribution in [-0.4, -0.2) is 12.2 Å². The number of halogens is 1. The van der Waals surface area contributed by atoms with Crippen LogP contribution in [0.1, 0.15) is 41.4 Å². The topological polar surface area (TPSA) is 58.1 Å². The van der Waals surface area contributed by atoms with Crippen LogP contribution in [0.2, 0.25) is 5.02 Å². The lowest BCUT2D eigenvalue weighted by molar-refractivity contribution is -0.731. The number of aromatic hydroxyl groups is 1. The van der Waals surface area contributed by atoms with E-state index >= 15 is 0 Å². The zero-order chi connectivity index (χ0) is 21.1. The summed E-state index contributed by atoms with van der Waals surface area (Å²) in [6.07, 6.45) is 3.13. The molecule has 4 nitrogen and oxygen atoms in total. The summed E-state index contributed by atoms with van der Waals surface area (Å²) in [5, 5.41) is 16.9. The standard InChI is InChI=1S/C25H25ClN2O2/c1-3-16-4-6-17(7-5-16)22-15-23(21-14-19(26)10-13-24(21)29)28-25(27-22)18-8-11-20(30-2)12-9-18/h4-15,23,25,27-29H,3H2,1-2H3/p+1. The van der Waals surface area contributed by atoms with Gasteiger partial charge in [0.2, 0.25) is 0 Å². The molecule has 0 aromatic heterocycles. The highest BCUT2D eigenvalue weighted by molar-refractivity contribution is 6.30. The number of quaternary nitrogens is 1. The van der Waals surface area contributed by atoms with Gasteiger partial charge in [-0.3, -0.25) is 0 Å². The van der Waals surface area contributed by atoms with Crippen LogP contribution in [-0.2, 0) is 6.42 Å². The molecule has 1 aliphatic rings. The fraction of sp³-hybridized carbons (Fsp3) is 0.200. The number of rotatable bonds is 5. The van der Waals surface area contributed by atoms with Crippen molar-refractivity contribution in [3.05, 3.63) is 100 Å². The maximum atomic E-state index is 10.5. The van der Waals surface area contributed by atoms with Crippen LogP contribution in [0.25, 0.3) is 5.70 Å². The molecule has 3 aromatic rings. The van der Waals surface area contributed by atoms with E-state index in [-0.39, 0.29) is 18.0 Å². The van der Waals surface area contributed by atoms with Crippen molar-refractivity contribution in [3.63, 3.8) is 0 Å². The first-order chi connectivity index (χ1) is 14.6. The first-order valence-electron chi connectivity index (χ1n) is 10.1. The number of ether oxygens (including phenoxy) is 1. The largest absolute Gasteiger partial charge is 0.507 e. The van der Waals surface area contributed by atoms with E-state index in [0.29, 0.717) is 5.02 Å². The van der Waals surface area contributed by atoms with E-state index in [1.807, 2.05) is 18.2 Å². The van der Waals surface area contributed by atoms with Crippen molar-refractivity contribution in [3.8, 4) is 11.5 Å². The molecule has 0 amide bonds. The summed E-state index contributed by atoms with van der Waals surface area (Å²) in [4.78, 5) is 0. The zero-order valence-corrected chi connectivity index (χ0v) is 17.9. The van der Waals surface area contributed by atoms with E-state index in [2.05, 4.69) is 60.0 Å². The Morgan fingerprint density at radius 3 is 2.43 bits per heavy atom. The molecule has 0 bridgehead atoms. The van der Waals surface area contributed by atoms with Crippen molar-refractivity contribution in [1.82, 2.24) is 5.32 Å². The van der Waals surface area contributed by atoms with E-state index in [1.54, 1.807) is 19.2 Å². The van der Waals surface area contributed by atoms with Crippen molar-refractivity contribution >= 4 is 17.3 Å². The highest BCUT2D eigenvalue weighted by Crippen LogP contribution is 2.31. The molecule has 1 aliphatic heterocycles. The highest BCUT2D eigenvalue weighted by Gasteiger charge is 2.29. The summed E-state index contributed by atoms with van der Waals surface area (Å²) in [6, 6.07) is 21.8. The Hall–Kier alpha value is -2.95. The van der Waals surface area contributed by atoms with Gasteiger partial charge in [-0.15, -0.1) is 0 Å². The second-order valence-corrected chi connectivity index (χ2v) is 7.88. The Balaban J connectivity index is 1.74. The lowest BCUT2D eigenvalue weighted by Gasteiger charge is -2.30. The molecule has 3 aromatic carbocycles. The molecule has 154 valence electrons. The number of nitrogens with two attached hydrogens (primary N) is 1. The van der Waals surface area contributed by atoms with Gasteiger partial charge < -0.3 is 20.5 Å². The minimum absolute atomic E-state index is 0.0230. The summed E-state index contributed by atoms with van der Waals surface area (Å²) >= 11 is 6.23. The second kappa shape index (κ2) is 8.82. The quantitative estimate of drug-likeness (QED) is 0.565. The lowest BCUT2D eigenvalue weighted by Crippen LogP contribution is -2.89. The highest BCUT2D eigenvalue weighted by atomic mass is 35.5. The number of aryl methyl sites for hydroxylation is 1. The fourth-order valence-electron chi connectivity index (χ4n) is 3.80. The third kappa shape index (κ3) is 4.30. The van der Waals surface area contributed by atoms with E-state index in [4.69, 9.17) is 16.3 Å². The van der Waals surface area contributed by atoms with E-state index in [1.165, 1.54) is 5.56 Å². The predicted molar refractivity (Wildman–Crippen MR) is 120 cm³/mol. The van der Waals surface area contributed by atoms with Crippen LogP contribution in [0.15, 0.2) is 72.8 Å². The Kier molecular flexibility index (Phi) is 5.98. The maximum Gasteiger partial charge on any atom is 0.186 e. The van der Waals surface area contributed by atoms with Crippen LogP contribution >= 0.6 is 11.6 Å². The smallest absolute Gasteiger partial charge is 0.186 e. The van der Waals surface area contributed by atoms with Crippen LogP contribution in [0.4, 0.5) is 0 Å². The third-order valence-electron chi connectivity index (χ3n) is 5.55. The average molecular weight is 422 g/mol. The normalized spacial score (nSPS) is 18.4. The third-order valence-corrected chi connectivity index (χ3v) is 5.79. The summed E-state index contributed by atoms with van der Waals surface area (Å²) < 4.78 is 5.30. The van der Waals surface area contributed by atoms with Crippen LogP contribution in [0.3, 0.4) is 0 Å². The molecular formula is C25H26ClN2O2+. The van der Waals surface area contributed by atoms with Gasteiger partial charge in [0.15, 0.2) is 6.17 Å². The second-order valence-electron chi connectivity index (χ2n) is 7.45. The van der Waals surface area contributed by atoms with Crippen molar-refractivity contribution in [1.29, 1.82) is 0 Å². The first kappa shape index (κ1) is 20.3. The van der Waals surface area contributed by atoms with Crippen molar-refractivity contribution in [2.75, 3.05) is 7.11 Å². The molecule has 0 radical (unpaired) electrons. The van der Waals surface area contributed by atoms with Gasteiger partial charge in [0, 0.05) is 22.4 Å². The number of nitrogens with one attached hydrogen (secondary N) is 1. The van der Waals surface area contributed by atoms with Crippen LogP contribution in [0, 0.1) is 0 Å². The van der Waals surface area contributed by atoms with Gasteiger partial charge in [0.25, 0.3) is 0 Å². The minimum Gasteiger partial charge on any atom is -0.507 e. The van der Waals surface area contributed by atoms with E-state index in [0.717, 1.165) is 34.6 Å². The molecule has 4 N–H and O–H groups in total. The number of hydrogen-bond donors (Lipinski definition) is 3. The maximum absolute atomic E-state index is 10.5.